The van der Waals surface area contributed by atoms with Crippen LogP contribution in [0.1, 0.15) is 5.56 Å². The smallest absolute Gasteiger partial charge is 0.0862 e. The predicted octanol–water partition coefficient (Wildman–Crippen LogP) is 3.31. The van der Waals surface area contributed by atoms with Gasteiger partial charge in [-0.1, -0.05) is 29.8 Å². The first-order valence-corrected chi connectivity index (χ1v) is 5.00. The van der Waals surface area contributed by atoms with Gasteiger partial charge in [0.15, 0.2) is 0 Å². The normalized spacial score (nSPS) is 10.2. The fraction of sp³-hybridized carbons (Fsp3) is 0.0909. The minimum atomic E-state index is 0.872. The van der Waals surface area contributed by atoms with Crippen LogP contribution in [0.4, 0.5) is 5.00 Å². The SMILES string of the molecule is Cc1cccc(-c2ccc(N)s2)c1. The molecule has 1 nitrogen and oxygen atoms in total. The molecule has 2 N–H and O–H groups in total. The number of anilines is 1. The van der Waals surface area contributed by atoms with Gasteiger partial charge in [0.05, 0.1) is 5.00 Å². The molecule has 0 unspecified atom stereocenters. The zero-order valence-corrected chi connectivity index (χ0v) is 8.27. The van der Waals surface area contributed by atoms with Gasteiger partial charge in [-0.25, -0.2) is 0 Å². The van der Waals surface area contributed by atoms with E-state index in [1.165, 1.54) is 16.0 Å². The average Bonchev–Trinajstić information content (AvgIpc) is 2.52. The highest BCUT2D eigenvalue weighted by Crippen LogP contribution is 2.29. The second-order valence-electron chi connectivity index (χ2n) is 3.07. The molecule has 0 aliphatic rings. The number of nitrogen functional groups attached to an aromatic ring is 1. The van der Waals surface area contributed by atoms with Crippen molar-refractivity contribution in [2.75, 3.05) is 5.73 Å². The molecule has 0 amide bonds. The van der Waals surface area contributed by atoms with Crippen LogP contribution in [0.3, 0.4) is 0 Å². The van der Waals surface area contributed by atoms with Crippen LogP contribution in [0.15, 0.2) is 36.4 Å². The average molecular weight is 189 g/mol. The molecule has 0 fully saturated rings. The first-order valence-electron chi connectivity index (χ1n) is 4.18. The molecular weight excluding hydrogens is 178 g/mol. The molecule has 2 rings (SSSR count). The third kappa shape index (κ3) is 1.73. The van der Waals surface area contributed by atoms with Crippen molar-refractivity contribution in [2.45, 2.75) is 6.92 Å². The maximum atomic E-state index is 5.67. The van der Waals surface area contributed by atoms with Gasteiger partial charge in [-0.15, -0.1) is 11.3 Å². The molecule has 0 atom stereocenters. The van der Waals surface area contributed by atoms with Gasteiger partial charge in [-0.2, -0.15) is 0 Å². The summed E-state index contributed by atoms with van der Waals surface area (Å²) < 4.78 is 0. The molecule has 1 heterocycles. The third-order valence-corrected chi connectivity index (χ3v) is 2.89. The summed E-state index contributed by atoms with van der Waals surface area (Å²) in [5.41, 5.74) is 8.21. The summed E-state index contributed by atoms with van der Waals surface area (Å²) in [7, 11) is 0. The summed E-state index contributed by atoms with van der Waals surface area (Å²) >= 11 is 1.63. The Hall–Kier alpha value is -1.28. The van der Waals surface area contributed by atoms with Gasteiger partial charge in [0.1, 0.15) is 0 Å². The molecule has 0 aliphatic heterocycles. The van der Waals surface area contributed by atoms with Crippen LogP contribution in [-0.4, -0.2) is 0 Å². The highest BCUT2D eigenvalue weighted by molar-refractivity contribution is 7.19. The van der Waals surface area contributed by atoms with Gasteiger partial charge in [-0.3, -0.25) is 0 Å². The summed E-state index contributed by atoms with van der Waals surface area (Å²) in [5.74, 6) is 0. The monoisotopic (exact) mass is 189 g/mol. The third-order valence-electron chi connectivity index (χ3n) is 1.93. The lowest BCUT2D eigenvalue weighted by molar-refractivity contribution is 1.48. The highest BCUT2D eigenvalue weighted by Gasteiger charge is 1.99. The number of thiophene rings is 1. The van der Waals surface area contributed by atoms with Crippen molar-refractivity contribution >= 4 is 16.3 Å². The maximum Gasteiger partial charge on any atom is 0.0862 e. The number of hydrogen-bond donors (Lipinski definition) is 1. The van der Waals surface area contributed by atoms with E-state index in [-0.39, 0.29) is 0 Å². The number of benzene rings is 1. The molecule has 1 aromatic carbocycles. The van der Waals surface area contributed by atoms with Crippen molar-refractivity contribution in [2.24, 2.45) is 0 Å². The Labute approximate surface area is 81.8 Å². The first-order chi connectivity index (χ1) is 6.25. The summed E-state index contributed by atoms with van der Waals surface area (Å²) in [5, 5.41) is 0.872. The van der Waals surface area contributed by atoms with E-state index >= 15 is 0 Å². The molecule has 2 aromatic rings. The van der Waals surface area contributed by atoms with E-state index in [1.807, 2.05) is 6.07 Å². The topological polar surface area (TPSA) is 26.0 Å². The Balaban J connectivity index is 2.46. The Bertz CT molecular complexity index is 418. The fourth-order valence-electron chi connectivity index (χ4n) is 1.31. The Morgan fingerprint density at radius 1 is 1.15 bits per heavy atom. The largest absolute Gasteiger partial charge is 0.391 e. The van der Waals surface area contributed by atoms with Crippen molar-refractivity contribution in [3.05, 3.63) is 42.0 Å². The molecule has 0 spiro atoms. The molecule has 0 aliphatic carbocycles. The molecule has 66 valence electrons. The molecule has 0 bridgehead atoms. The number of aryl methyl sites for hydroxylation is 1. The standard InChI is InChI=1S/C11H11NS/c1-8-3-2-4-9(7-8)10-5-6-11(12)13-10/h2-7H,12H2,1H3. The number of hydrogen-bond acceptors (Lipinski definition) is 2. The van der Waals surface area contributed by atoms with Gasteiger partial charge in [0.2, 0.25) is 0 Å². The lowest BCUT2D eigenvalue weighted by Crippen LogP contribution is -1.74. The van der Waals surface area contributed by atoms with Crippen LogP contribution in [0.2, 0.25) is 0 Å². The van der Waals surface area contributed by atoms with Crippen molar-refractivity contribution < 1.29 is 0 Å². The van der Waals surface area contributed by atoms with Crippen molar-refractivity contribution in [1.82, 2.24) is 0 Å². The summed E-state index contributed by atoms with van der Waals surface area (Å²) in [6.07, 6.45) is 0. The highest BCUT2D eigenvalue weighted by atomic mass is 32.1. The summed E-state index contributed by atoms with van der Waals surface area (Å²) in [4.78, 5) is 1.24. The molecule has 0 radical (unpaired) electrons. The van der Waals surface area contributed by atoms with Gasteiger partial charge in [-0.05, 0) is 24.6 Å². The summed E-state index contributed by atoms with van der Waals surface area (Å²) in [6, 6.07) is 12.5. The second-order valence-corrected chi connectivity index (χ2v) is 4.19. The first kappa shape index (κ1) is 8.32. The van der Waals surface area contributed by atoms with Crippen LogP contribution in [0.5, 0.6) is 0 Å². The van der Waals surface area contributed by atoms with E-state index in [1.54, 1.807) is 11.3 Å². The summed E-state index contributed by atoms with van der Waals surface area (Å²) in [6.45, 7) is 2.10. The predicted molar refractivity (Wildman–Crippen MR) is 58.9 cm³/mol. The molecule has 1 aromatic heterocycles. The van der Waals surface area contributed by atoms with Crippen LogP contribution in [0.25, 0.3) is 10.4 Å². The van der Waals surface area contributed by atoms with Gasteiger partial charge in [0.25, 0.3) is 0 Å². The van der Waals surface area contributed by atoms with Crippen LogP contribution < -0.4 is 5.73 Å². The molecule has 0 saturated heterocycles. The zero-order valence-electron chi connectivity index (χ0n) is 7.45. The van der Waals surface area contributed by atoms with Gasteiger partial charge >= 0.3 is 0 Å². The van der Waals surface area contributed by atoms with Crippen LogP contribution in [0, 0.1) is 6.92 Å². The van der Waals surface area contributed by atoms with Crippen LogP contribution >= 0.6 is 11.3 Å². The van der Waals surface area contributed by atoms with E-state index in [2.05, 4.69) is 37.3 Å². The minimum absolute atomic E-state index is 0.872. The molecule has 0 saturated carbocycles. The van der Waals surface area contributed by atoms with E-state index in [0.29, 0.717) is 0 Å². The van der Waals surface area contributed by atoms with E-state index in [0.717, 1.165) is 5.00 Å². The lowest BCUT2D eigenvalue weighted by atomic mass is 10.1. The Morgan fingerprint density at radius 2 is 2.00 bits per heavy atom. The van der Waals surface area contributed by atoms with Gasteiger partial charge < -0.3 is 5.73 Å². The molecular formula is C11H11NS. The van der Waals surface area contributed by atoms with E-state index in [4.69, 9.17) is 5.73 Å². The lowest BCUT2D eigenvalue weighted by Gasteiger charge is -1.97. The number of nitrogens with two attached hydrogens (primary N) is 1. The number of rotatable bonds is 1. The minimum Gasteiger partial charge on any atom is -0.391 e. The van der Waals surface area contributed by atoms with Crippen molar-refractivity contribution in [1.29, 1.82) is 0 Å². The quantitative estimate of drug-likeness (QED) is 0.731. The maximum absolute atomic E-state index is 5.67. The molecule has 13 heavy (non-hydrogen) atoms. The van der Waals surface area contributed by atoms with Crippen LogP contribution in [-0.2, 0) is 0 Å². The fourth-order valence-corrected chi connectivity index (χ4v) is 2.08. The Kier molecular flexibility index (Phi) is 2.07. The van der Waals surface area contributed by atoms with E-state index in [9.17, 15) is 0 Å². The van der Waals surface area contributed by atoms with Crippen molar-refractivity contribution in [3.8, 4) is 10.4 Å². The second kappa shape index (κ2) is 3.23. The van der Waals surface area contributed by atoms with Gasteiger partial charge in [0, 0.05) is 4.88 Å². The zero-order chi connectivity index (χ0) is 9.26. The molecule has 2 heteroatoms. The van der Waals surface area contributed by atoms with Crippen molar-refractivity contribution in [3.63, 3.8) is 0 Å². The Morgan fingerprint density at radius 3 is 2.62 bits per heavy atom. The van der Waals surface area contributed by atoms with E-state index < -0.39 is 0 Å².